The third-order valence-electron chi connectivity index (χ3n) is 4.51. The van der Waals surface area contributed by atoms with Crippen LogP contribution in [-0.4, -0.2) is 5.11 Å². The van der Waals surface area contributed by atoms with Crippen molar-refractivity contribution in [1.82, 2.24) is 0 Å². The van der Waals surface area contributed by atoms with Crippen molar-refractivity contribution in [3.63, 3.8) is 0 Å². The Bertz CT molecular complexity index is 595. The molecule has 0 radical (unpaired) electrons. The van der Waals surface area contributed by atoms with E-state index >= 15 is 0 Å². The highest BCUT2D eigenvalue weighted by atomic mass is 19.1. The van der Waals surface area contributed by atoms with Crippen LogP contribution in [0.4, 0.5) is 4.39 Å². The predicted octanol–water partition coefficient (Wildman–Crippen LogP) is 4.23. The summed E-state index contributed by atoms with van der Waals surface area (Å²) in [6.07, 6.45) is 1.45. The van der Waals surface area contributed by atoms with E-state index in [1.165, 1.54) is 11.6 Å². The fraction of sp³-hybridized carbons (Fsp3) is 0.333. The summed E-state index contributed by atoms with van der Waals surface area (Å²) in [4.78, 5) is 0. The number of rotatable bonds is 4. The Morgan fingerprint density at radius 3 is 2.40 bits per heavy atom. The van der Waals surface area contributed by atoms with E-state index in [0.717, 1.165) is 6.42 Å². The molecule has 2 aromatic carbocycles. The van der Waals surface area contributed by atoms with Gasteiger partial charge in [0.15, 0.2) is 0 Å². The molecule has 2 heteroatoms. The van der Waals surface area contributed by atoms with Gasteiger partial charge in [0, 0.05) is 5.56 Å². The highest BCUT2D eigenvalue weighted by molar-refractivity contribution is 5.33. The number of benzene rings is 2. The molecule has 1 fully saturated rings. The van der Waals surface area contributed by atoms with E-state index in [9.17, 15) is 9.50 Å². The molecule has 2 aromatic rings. The summed E-state index contributed by atoms with van der Waals surface area (Å²) in [7, 11) is 0. The summed E-state index contributed by atoms with van der Waals surface area (Å²) >= 11 is 0. The van der Waals surface area contributed by atoms with Gasteiger partial charge in [-0.05, 0) is 36.3 Å². The summed E-state index contributed by atoms with van der Waals surface area (Å²) in [5, 5.41) is 11.0. The van der Waals surface area contributed by atoms with Gasteiger partial charge in [-0.25, -0.2) is 4.39 Å². The molecule has 0 aliphatic heterocycles. The summed E-state index contributed by atoms with van der Waals surface area (Å²) in [6, 6.07) is 16.8. The number of aliphatic hydroxyl groups is 1. The summed E-state index contributed by atoms with van der Waals surface area (Å²) in [5.41, 5.74) is 0.609. The fourth-order valence-electron chi connectivity index (χ4n) is 3.26. The molecule has 1 nitrogen and oxygen atoms in total. The Morgan fingerprint density at radius 2 is 1.75 bits per heavy atom. The van der Waals surface area contributed by atoms with Crippen LogP contribution in [0.3, 0.4) is 0 Å². The zero-order chi connectivity index (χ0) is 14.2. The third-order valence-corrected chi connectivity index (χ3v) is 4.51. The molecule has 3 unspecified atom stereocenters. The normalized spacial score (nSPS) is 24.1. The van der Waals surface area contributed by atoms with Crippen molar-refractivity contribution in [1.29, 1.82) is 0 Å². The predicted molar refractivity (Wildman–Crippen MR) is 77.9 cm³/mol. The Kier molecular flexibility index (Phi) is 3.35. The zero-order valence-electron chi connectivity index (χ0n) is 11.6. The standard InChI is InChI=1S/C18H19FO/c1-2-18(20,15-10-6-7-11-17(15)19)16-12-14(16)13-8-4-3-5-9-13/h3-11,14,16,20H,2,12H2,1H3. The van der Waals surface area contributed by atoms with Crippen LogP contribution in [0.2, 0.25) is 0 Å². The molecule has 0 aromatic heterocycles. The van der Waals surface area contributed by atoms with Crippen molar-refractivity contribution in [2.45, 2.75) is 31.3 Å². The molecule has 0 heterocycles. The molecule has 1 N–H and O–H groups in total. The second-order valence-corrected chi connectivity index (χ2v) is 5.62. The van der Waals surface area contributed by atoms with E-state index < -0.39 is 5.60 Å². The van der Waals surface area contributed by atoms with Crippen LogP contribution >= 0.6 is 0 Å². The number of halogens is 1. The van der Waals surface area contributed by atoms with Crippen molar-refractivity contribution in [2.75, 3.05) is 0 Å². The van der Waals surface area contributed by atoms with E-state index in [0.29, 0.717) is 17.9 Å². The van der Waals surface area contributed by atoms with Crippen molar-refractivity contribution in [3.8, 4) is 0 Å². The van der Waals surface area contributed by atoms with Gasteiger partial charge < -0.3 is 5.11 Å². The van der Waals surface area contributed by atoms with Crippen molar-refractivity contribution in [3.05, 3.63) is 71.5 Å². The Morgan fingerprint density at radius 1 is 1.10 bits per heavy atom. The lowest BCUT2D eigenvalue weighted by atomic mass is 9.84. The average molecular weight is 270 g/mol. The first kappa shape index (κ1) is 13.3. The fourth-order valence-corrected chi connectivity index (χ4v) is 3.26. The first-order valence-electron chi connectivity index (χ1n) is 7.19. The highest BCUT2D eigenvalue weighted by Crippen LogP contribution is 2.58. The van der Waals surface area contributed by atoms with Gasteiger partial charge in [0.2, 0.25) is 0 Å². The Balaban J connectivity index is 1.91. The van der Waals surface area contributed by atoms with E-state index in [1.807, 2.05) is 25.1 Å². The maximum absolute atomic E-state index is 14.0. The minimum absolute atomic E-state index is 0.104. The average Bonchev–Trinajstić information content (AvgIpc) is 3.29. The molecule has 20 heavy (non-hydrogen) atoms. The van der Waals surface area contributed by atoms with Crippen LogP contribution in [-0.2, 0) is 5.60 Å². The Hall–Kier alpha value is -1.67. The van der Waals surface area contributed by atoms with Gasteiger partial charge in [0.1, 0.15) is 5.82 Å². The van der Waals surface area contributed by atoms with Gasteiger partial charge >= 0.3 is 0 Å². The molecule has 3 atom stereocenters. The lowest BCUT2D eigenvalue weighted by Gasteiger charge is -2.28. The first-order valence-corrected chi connectivity index (χ1v) is 7.19. The molecule has 0 saturated heterocycles. The van der Waals surface area contributed by atoms with Crippen LogP contribution in [0, 0.1) is 11.7 Å². The van der Waals surface area contributed by atoms with Crippen LogP contribution in [0.25, 0.3) is 0 Å². The monoisotopic (exact) mass is 270 g/mol. The summed E-state index contributed by atoms with van der Waals surface area (Å²) < 4.78 is 14.0. The van der Waals surface area contributed by atoms with Gasteiger partial charge in [-0.15, -0.1) is 0 Å². The van der Waals surface area contributed by atoms with Crippen molar-refractivity contribution < 1.29 is 9.50 Å². The zero-order valence-corrected chi connectivity index (χ0v) is 11.6. The highest BCUT2D eigenvalue weighted by Gasteiger charge is 2.53. The van der Waals surface area contributed by atoms with Crippen molar-refractivity contribution in [2.24, 2.45) is 5.92 Å². The van der Waals surface area contributed by atoms with Crippen LogP contribution < -0.4 is 0 Å². The number of hydrogen-bond donors (Lipinski definition) is 1. The topological polar surface area (TPSA) is 20.2 Å². The SMILES string of the molecule is CCC(O)(c1ccccc1F)C1CC1c1ccccc1. The third kappa shape index (κ3) is 2.14. The van der Waals surface area contributed by atoms with Gasteiger partial charge in [-0.1, -0.05) is 55.5 Å². The largest absolute Gasteiger partial charge is 0.385 e. The molecular weight excluding hydrogens is 251 g/mol. The smallest absolute Gasteiger partial charge is 0.129 e. The molecular formula is C18H19FO. The lowest BCUT2D eigenvalue weighted by Crippen LogP contribution is -2.29. The lowest BCUT2D eigenvalue weighted by molar-refractivity contribution is 0.00353. The summed E-state index contributed by atoms with van der Waals surface area (Å²) in [6.45, 7) is 1.92. The van der Waals surface area contributed by atoms with Gasteiger partial charge in [0.25, 0.3) is 0 Å². The maximum atomic E-state index is 14.0. The Labute approximate surface area is 119 Å². The maximum Gasteiger partial charge on any atom is 0.129 e. The van der Waals surface area contributed by atoms with Crippen molar-refractivity contribution >= 4 is 0 Å². The minimum Gasteiger partial charge on any atom is -0.385 e. The summed E-state index contributed by atoms with van der Waals surface area (Å²) in [5.74, 6) is 0.128. The molecule has 0 spiro atoms. The van der Waals surface area contributed by atoms with E-state index in [2.05, 4.69) is 12.1 Å². The molecule has 0 amide bonds. The molecule has 1 aliphatic rings. The van der Waals surface area contributed by atoms with Gasteiger partial charge in [0.05, 0.1) is 5.60 Å². The first-order chi connectivity index (χ1) is 9.66. The van der Waals surface area contributed by atoms with E-state index in [1.54, 1.807) is 18.2 Å². The van der Waals surface area contributed by atoms with Gasteiger partial charge in [-0.3, -0.25) is 0 Å². The van der Waals surface area contributed by atoms with E-state index in [4.69, 9.17) is 0 Å². The molecule has 1 saturated carbocycles. The second-order valence-electron chi connectivity index (χ2n) is 5.62. The van der Waals surface area contributed by atoms with Crippen LogP contribution in [0.5, 0.6) is 0 Å². The molecule has 0 bridgehead atoms. The minimum atomic E-state index is -1.06. The van der Waals surface area contributed by atoms with Crippen LogP contribution in [0.1, 0.15) is 36.8 Å². The second kappa shape index (κ2) is 5.02. The van der Waals surface area contributed by atoms with Gasteiger partial charge in [-0.2, -0.15) is 0 Å². The number of hydrogen-bond acceptors (Lipinski definition) is 1. The quantitative estimate of drug-likeness (QED) is 0.881. The van der Waals surface area contributed by atoms with Crippen LogP contribution in [0.15, 0.2) is 54.6 Å². The molecule has 1 aliphatic carbocycles. The van der Waals surface area contributed by atoms with E-state index in [-0.39, 0.29) is 11.7 Å². The molecule has 3 rings (SSSR count). The molecule has 104 valence electrons.